The van der Waals surface area contributed by atoms with Gasteiger partial charge < -0.3 is 34.8 Å². The van der Waals surface area contributed by atoms with Gasteiger partial charge in [0.1, 0.15) is 0 Å². The lowest BCUT2D eigenvalue weighted by Crippen LogP contribution is -2.45. The Labute approximate surface area is 169 Å². The number of nitrogens with zero attached hydrogens (tertiary/aromatic N) is 4. The van der Waals surface area contributed by atoms with Crippen LogP contribution in [0.25, 0.3) is 0 Å². The van der Waals surface area contributed by atoms with E-state index in [2.05, 4.69) is 0 Å². The molecule has 3 N–H and O–H groups in total. The fourth-order valence-electron chi connectivity index (χ4n) is 3.01. The van der Waals surface area contributed by atoms with Crippen molar-refractivity contribution in [1.82, 2.24) is 19.6 Å². The summed E-state index contributed by atoms with van der Waals surface area (Å²) >= 11 is 0. The second kappa shape index (κ2) is 12.6. The highest BCUT2D eigenvalue weighted by atomic mass is 16.5. The molecule has 166 valence electrons. The van der Waals surface area contributed by atoms with Crippen LogP contribution in [-0.2, 0) is 9.53 Å². The Balaban J connectivity index is 2.87. The van der Waals surface area contributed by atoms with Crippen molar-refractivity contribution in [3.8, 4) is 0 Å². The maximum absolute atomic E-state index is 11.8. The zero-order valence-electron chi connectivity index (χ0n) is 16.7. The standard InChI is InChI=1S/C17H30N4O8/c1-2-29-14(22)13-18-5-3-6-20(16(25)26)11-12-21(17(27)28)8-4-7-19(10-9-18)15(23)24/h2-13H2,1H3,(H,23,24)(H,25,26)(H,27,28). The van der Waals surface area contributed by atoms with Crippen molar-refractivity contribution >= 4 is 24.2 Å². The number of amides is 3. The van der Waals surface area contributed by atoms with Gasteiger partial charge in [-0.25, -0.2) is 14.4 Å². The van der Waals surface area contributed by atoms with E-state index in [0.29, 0.717) is 13.0 Å². The highest BCUT2D eigenvalue weighted by Gasteiger charge is 2.21. The number of hydrogen-bond donors (Lipinski definition) is 3. The molecule has 0 saturated carbocycles. The van der Waals surface area contributed by atoms with Crippen LogP contribution in [0.15, 0.2) is 0 Å². The van der Waals surface area contributed by atoms with Crippen LogP contribution >= 0.6 is 0 Å². The normalized spacial score (nSPS) is 18.0. The Kier molecular flexibility index (Phi) is 10.6. The number of rotatable bonds is 3. The molecule has 12 nitrogen and oxygen atoms in total. The molecule has 0 aromatic heterocycles. The minimum absolute atomic E-state index is 0.00124. The summed E-state index contributed by atoms with van der Waals surface area (Å²) in [5, 5.41) is 28.0. The fraction of sp³-hybridized carbons (Fsp3) is 0.765. The van der Waals surface area contributed by atoms with E-state index in [1.54, 1.807) is 11.8 Å². The van der Waals surface area contributed by atoms with Gasteiger partial charge in [0.25, 0.3) is 0 Å². The van der Waals surface area contributed by atoms with Crippen molar-refractivity contribution in [3.63, 3.8) is 0 Å². The summed E-state index contributed by atoms with van der Waals surface area (Å²) in [7, 11) is 0. The average Bonchev–Trinajstić information content (AvgIpc) is 2.63. The van der Waals surface area contributed by atoms with Crippen molar-refractivity contribution < 1.29 is 39.2 Å². The lowest BCUT2D eigenvalue weighted by atomic mass is 10.3. The van der Waals surface area contributed by atoms with E-state index >= 15 is 0 Å². The average molecular weight is 418 g/mol. The minimum atomic E-state index is -1.18. The SMILES string of the molecule is CCOC(=O)CN1CCCN(C(=O)O)CCN(C(=O)O)CCCN(C(=O)O)CC1. The molecule has 0 atom stereocenters. The van der Waals surface area contributed by atoms with Crippen LogP contribution in [0.1, 0.15) is 19.8 Å². The summed E-state index contributed by atoms with van der Waals surface area (Å²) in [4.78, 5) is 51.3. The lowest BCUT2D eigenvalue weighted by molar-refractivity contribution is -0.144. The third-order valence-electron chi connectivity index (χ3n) is 4.55. The van der Waals surface area contributed by atoms with E-state index in [4.69, 9.17) is 4.74 Å². The maximum Gasteiger partial charge on any atom is 0.407 e. The van der Waals surface area contributed by atoms with Crippen molar-refractivity contribution in [2.24, 2.45) is 0 Å². The van der Waals surface area contributed by atoms with Gasteiger partial charge in [-0.05, 0) is 19.8 Å². The summed E-state index contributed by atoms with van der Waals surface area (Å²) in [5.74, 6) is -0.428. The van der Waals surface area contributed by atoms with Crippen molar-refractivity contribution in [2.75, 3.05) is 65.5 Å². The van der Waals surface area contributed by atoms with Gasteiger partial charge >= 0.3 is 24.2 Å². The van der Waals surface area contributed by atoms with Crippen LogP contribution in [0.2, 0.25) is 0 Å². The van der Waals surface area contributed by atoms with Crippen LogP contribution in [0.3, 0.4) is 0 Å². The molecule has 0 spiro atoms. The van der Waals surface area contributed by atoms with Gasteiger partial charge in [0.05, 0.1) is 13.2 Å². The molecule has 0 aromatic carbocycles. The van der Waals surface area contributed by atoms with Crippen molar-refractivity contribution in [2.45, 2.75) is 19.8 Å². The molecule has 1 fully saturated rings. The maximum atomic E-state index is 11.8. The first-order chi connectivity index (χ1) is 13.7. The molecule has 1 aliphatic heterocycles. The molecule has 29 heavy (non-hydrogen) atoms. The van der Waals surface area contributed by atoms with Gasteiger partial charge in [-0.15, -0.1) is 0 Å². The largest absolute Gasteiger partial charge is 0.465 e. The van der Waals surface area contributed by atoms with E-state index in [0.717, 1.165) is 9.80 Å². The first kappa shape index (κ1) is 24.3. The van der Waals surface area contributed by atoms with Crippen LogP contribution in [0, 0.1) is 0 Å². The van der Waals surface area contributed by atoms with Crippen molar-refractivity contribution in [1.29, 1.82) is 0 Å². The zero-order chi connectivity index (χ0) is 21.8. The third-order valence-corrected chi connectivity index (χ3v) is 4.55. The number of carboxylic acid groups (broad SMARTS) is 3. The van der Waals surface area contributed by atoms with Gasteiger partial charge in [0.15, 0.2) is 0 Å². The molecule has 1 aliphatic rings. The molecule has 12 heteroatoms. The number of hydrogen-bond acceptors (Lipinski definition) is 6. The van der Waals surface area contributed by atoms with E-state index in [-0.39, 0.29) is 65.4 Å². The van der Waals surface area contributed by atoms with Crippen LogP contribution in [-0.4, -0.2) is 125 Å². The van der Waals surface area contributed by atoms with Gasteiger partial charge in [-0.2, -0.15) is 0 Å². The van der Waals surface area contributed by atoms with Crippen LogP contribution in [0.4, 0.5) is 14.4 Å². The van der Waals surface area contributed by atoms with Gasteiger partial charge in [-0.1, -0.05) is 0 Å². The number of esters is 1. The second-order valence-corrected chi connectivity index (χ2v) is 6.60. The van der Waals surface area contributed by atoms with Gasteiger partial charge in [0.2, 0.25) is 0 Å². The van der Waals surface area contributed by atoms with Crippen LogP contribution < -0.4 is 0 Å². The molecule has 0 bridgehead atoms. The predicted octanol–water partition coefficient (Wildman–Crippen LogP) is 0.585. The quantitative estimate of drug-likeness (QED) is 0.559. The van der Waals surface area contributed by atoms with E-state index in [1.165, 1.54) is 4.90 Å². The minimum Gasteiger partial charge on any atom is -0.465 e. The van der Waals surface area contributed by atoms with E-state index in [9.17, 15) is 34.5 Å². The molecule has 0 unspecified atom stereocenters. The monoisotopic (exact) mass is 418 g/mol. The van der Waals surface area contributed by atoms with Gasteiger partial charge in [0, 0.05) is 52.4 Å². The fourth-order valence-corrected chi connectivity index (χ4v) is 3.01. The summed E-state index contributed by atoms with van der Waals surface area (Å²) in [6.45, 7) is 3.13. The zero-order valence-corrected chi connectivity index (χ0v) is 16.7. The van der Waals surface area contributed by atoms with Crippen LogP contribution in [0.5, 0.6) is 0 Å². The Morgan fingerprint density at radius 2 is 1.10 bits per heavy atom. The molecule has 1 rings (SSSR count). The molecule has 0 radical (unpaired) electrons. The Morgan fingerprint density at radius 1 is 0.690 bits per heavy atom. The molecule has 3 amide bonds. The highest BCUT2D eigenvalue weighted by Crippen LogP contribution is 2.04. The lowest BCUT2D eigenvalue weighted by Gasteiger charge is -2.29. The summed E-state index contributed by atoms with van der Waals surface area (Å²) in [6, 6.07) is 0. The predicted molar refractivity (Wildman–Crippen MR) is 101 cm³/mol. The van der Waals surface area contributed by atoms with E-state index < -0.39 is 24.2 Å². The summed E-state index contributed by atoms with van der Waals surface area (Å²) in [6.07, 6.45) is -2.75. The third kappa shape index (κ3) is 9.32. The topological polar surface area (TPSA) is 151 Å². The number of carbonyl (C=O) groups is 4. The van der Waals surface area contributed by atoms with Gasteiger partial charge in [-0.3, -0.25) is 9.69 Å². The highest BCUT2D eigenvalue weighted by molar-refractivity contribution is 5.71. The Morgan fingerprint density at radius 3 is 1.52 bits per heavy atom. The smallest absolute Gasteiger partial charge is 0.407 e. The van der Waals surface area contributed by atoms with E-state index in [1.807, 2.05) is 0 Å². The molecule has 0 aromatic rings. The number of carbonyl (C=O) groups excluding carboxylic acids is 1. The molecule has 0 aliphatic carbocycles. The summed E-state index contributed by atoms with van der Waals surface area (Å²) in [5.41, 5.74) is 0. The summed E-state index contributed by atoms with van der Waals surface area (Å²) < 4.78 is 4.95. The Bertz CT molecular complexity index is 574. The second-order valence-electron chi connectivity index (χ2n) is 6.60. The van der Waals surface area contributed by atoms with Crippen molar-refractivity contribution in [3.05, 3.63) is 0 Å². The first-order valence-electron chi connectivity index (χ1n) is 9.56. The Hall–Kier alpha value is -2.76. The molecule has 1 heterocycles. The molecular weight excluding hydrogens is 388 g/mol. The molecular formula is C17H30N4O8. The molecule has 1 saturated heterocycles. The first-order valence-corrected chi connectivity index (χ1v) is 9.56. The number of ether oxygens (including phenoxy) is 1.